The Kier molecular flexibility index (Phi) is 10.1. The van der Waals surface area contributed by atoms with Crippen molar-refractivity contribution in [3.63, 3.8) is 0 Å². The van der Waals surface area contributed by atoms with Crippen LogP contribution in [0.25, 0.3) is 11.1 Å². The molecule has 51 heavy (non-hydrogen) atoms. The average molecular weight is 680 g/mol. The number of hydrogen-bond acceptors (Lipinski definition) is 5. The molecule has 0 saturated carbocycles. The Hall–Kier alpha value is -5.92. The molecule has 2 N–H and O–H groups in total. The maximum atomic E-state index is 13.9. The number of carbonyl (C=O) groups is 1. The minimum Gasteiger partial charge on any atom is -0.508 e. The molecule has 7 rings (SSSR count). The zero-order chi connectivity index (χ0) is 35.2. The fourth-order valence-corrected chi connectivity index (χ4v) is 6.60. The van der Waals surface area contributed by atoms with Crippen LogP contribution >= 0.6 is 0 Å². The summed E-state index contributed by atoms with van der Waals surface area (Å²) in [5.74, 6) is 0.579. The number of rotatable bonds is 13. The lowest BCUT2D eigenvalue weighted by molar-refractivity contribution is -0.131. The quantitative estimate of drug-likeness (QED) is 0.119. The fraction of sp³-hybridized carbons (Fsp3) is 0.159. The summed E-state index contributed by atoms with van der Waals surface area (Å²) in [4.78, 5) is 15.6. The van der Waals surface area contributed by atoms with Gasteiger partial charge < -0.3 is 24.6 Å². The number of β-lactam (4-membered cyclic amide) rings is 1. The number of anilines is 1. The third kappa shape index (κ3) is 7.79. The molecule has 7 heteroatoms. The number of phenols is 1. The molecule has 0 bridgehead atoms. The van der Waals surface area contributed by atoms with Gasteiger partial charge in [0.1, 0.15) is 36.3 Å². The smallest absolute Gasteiger partial charge is 0.233 e. The van der Waals surface area contributed by atoms with E-state index in [1.807, 2.05) is 103 Å². The number of hydrogen-bond donors (Lipinski definition) is 2. The minimum absolute atomic E-state index is 0.0849. The zero-order valence-electron chi connectivity index (χ0n) is 27.9. The molecule has 6 nitrogen and oxygen atoms in total. The number of aromatic hydroxyl groups is 1. The van der Waals surface area contributed by atoms with E-state index < -0.39 is 18.1 Å². The number of benzene rings is 6. The number of nitrogens with zero attached hydrogens (tertiary/aromatic N) is 1. The second-order valence-corrected chi connectivity index (χ2v) is 12.7. The number of phenolic OH excluding ortho intramolecular Hbond substituents is 1. The van der Waals surface area contributed by atoms with E-state index in [0.717, 1.165) is 33.6 Å². The molecular formula is C44H38FNO5. The lowest BCUT2D eigenvalue weighted by atomic mass is 9.77. The predicted octanol–water partition coefficient (Wildman–Crippen LogP) is 9.57. The van der Waals surface area contributed by atoms with Gasteiger partial charge >= 0.3 is 0 Å². The van der Waals surface area contributed by atoms with Gasteiger partial charge in [-0.05, 0) is 95.3 Å². The van der Waals surface area contributed by atoms with Crippen LogP contribution in [0, 0.1) is 11.7 Å². The van der Waals surface area contributed by atoms with E-state index in [9.17, 15) is 19.4 Å². The molecule has 1 aliphatic heterocycles. The van der Waals surface area contributed by atoms with Crippen LogP contribution in [0.3, 0.4) is 0 Å². The Labute approximate surface area is 297 Å². The molecule has 0 aliphatic carbocycles. The first-order valence-electron chi connectivity index (χ1n) is 17.1. The molecule has 6 aromatic carbocycles. The van der Waals surface area contributed by atoms with E-state index in [-0.39, 0.29) is 17.5 Å². The number of ether oxygens (including phenoxy) is 2. The SMILES string of the molecule is O=C1[C@H](CC[C@H](O)c2ccc(F)cc2)[C@@H](c2ccc(-c3cccc(OCc4ccccc4)c3)cc2OCc2ccccc2)N1c1ccc(O)cc1. The number of aliphatic hydroxyl groups is 1. The van der Waals surface area contributed by atoms with Crippen LogP contribution in [0.1, 0.15) is 47.2 Å². The van der Waals surface area contributed by atoms with Crippen molar-refractivity contribution in [2.75, 3.05) is 4.90 Å². The van der Waals surface area contributed by atoms with E-state index in [0.29, 0.717) is 43.1 Å². The zero-order valence-corrected chi connectivity index (χ0v) is 27.9. The molecule has 1 amide bonds. The Balaban J connectivity index is 1.21. The van der Waals surface area contributed by atoms with Gasteiger partial charge in [-0.3, -0.25) is 4.79 Å². The van der Waals surface area contributed by atoms with Gasteiger partial charge in [-0.1, -0.05) is 97.1 Å². The van der Waals surface area contributed by atoms with Crippen molar-refractivity contribution >= 4 is 11.6 Å². The molecule has 3 atom stereocenters. The molecule has 1 aliphatic rings. The lowest BCUT2D eigenvalue weighted by Crippen LogP contribution is -2.55. The van der Waals surface area contributed by atoms with Crippen molar-refractivity contribution in [1.29, 1.82) is 0 Å². The minimum atomic E-state index is -0.852. The van der Waals surface area contributed by atoms with E-state index >= 15 is 0 Å². The normalized spacial score (nSPS) is 16.0. The number of halogens is 1. The Morgan fingerprint density at radius 3 is 2.02 bits per heavy atom. The fourth-order valence-electron chi connectivity index (χ4n) is 6.60. The Bertz CT molecular complexity index is 2070. The Morgan fingerprint density at radius 2 is 1.33 bits per heavy atom. The van der Waals surface area contributed by atoms with Gasteiger partial charge in [0.25, 0.3) is 0 Å². The van der Waals surface area contributed by atoms with Crippen LogP contribution in [-0.4, -0.2) is 16.1 Å². The molecule has 0 radical (unpaired) electrons. The van der Waals surface area contributed by atoms with E-state index in [4.69, 9.17) is 9.47 Å². The van der Waals surface area contributed by atoms with Crippen molar-refractivity contribution in [3.8, 4) is 28.4 Å². The van der Waals surface area contributed by atoms with Gasteiger partial charge in [-0.25, -0.2) is 4.39 Å². The van der Waals surface area contributed by atoms with Crippen molar-refractivity contribution in [2.45, 2.75) is 38.2 Å². The molecule has 6 aromatic rings. The highest BCUT2D eigenvalue weighted by atomic mass is 19.1. The number of amides is 1. The Morgan fingerprint density at radius 1 is 0.686 bits per heavy atom. The second-order valence-electron chi connectivity index (χ2n) is 12.7. The summed E-state index contributed by atoms with van der Waals surface area (Å²) in [6, 6.07) is 45.9. The highest BCUT2D eigenvalue weighted by Crippen LogP contribution is 2.49. The maximum absolute atomic E-state index is 13.9. The third-order valence-electron chi connectivity index (χ3n) is 9.33. The van der Waals surface area contributed by atoms with Gasteiger partial charge in [0, 0.05) is 11.3 Å². The average Bonchev–Trinajstić information content (AvgIpc) is 3.17. The van der Waals surface area contributed by atoms with Crippen LogP contribution in [0.2, 0.25) is 0 Å². The van der Waals surface area contributed by atoms with E-state index in [2.05, 4.69) is 0 Å². The maximum Gasteiger partial charge on any atom is 0.233 e. The summed E-state index contributed by atoms with van der Waals surface area (Å²) in [5.41, 5.74) is 6.05. The van der Waals surface area contributed by atoms with Crippen molar-refractivity contribution in [2.24, 2.45) is 5.92 Å². The van der Waals surface area contributed by atoms with Crippen LogP contribution in [0.15, 0.2) is 152 Å². The van der Waals surface area contributed by atoms with Crippen LogP contribution < -0.4 is 14.4 Å². The largest absolute Gasteiger partial charge is 0.508 e. The highest BCUT2D eigenvalue weighted by Gasteiger charge is 2.49. The van der Waals surface area contributed by atoms with Gasteiger partial charge in [0.15, 0.2) is 0 Å². The first-order chi connectivity index (χ1) is 24.9. The number of aliphatic hydroxyl groups excluding tert-OH is 1. The van der Waals surface area contributed by atoms with Crippen molar-refractivity contribution in [3.05, 3.63) is 180 Å². The van der Waals surface area contributed by atoms with Gasteiger partial charge in [0.2, 0.25) is 5.91 Å². The summed E-state index contributed by atoms with van der Waals surface area (Å²) >= 11 is 0. The van der Waals surface area contributed by atoms with Crippen LogP contribution in [0.5, 0.6) is 17.2 Å². The highest BCUT2D eigenvalue weighted by molar-refractivity contribution is 6.03. The topological polar surface area (TPSA) is 79.2 Å². The number of carbonyl (C=O) groups excluding carboxylic acids is 1. The summed E-state index contributed by atoms with van der Waals surface area (Å²) < 4.78 is 26.3. The summed E-state index contributed by atoms with van der Waals surface area (Å²) in [6.07, 6.45) is -0.137. The molecule has 1 heterocycles. The molecule has 0 unspecified atom stereocenters. The first kappa shape index (κ1) is 33.6. The summed E-state index contributed by atoms with van der Waals surface area (Å²) in [5, 5.41) is 21.0. The molecule has 0 spiro atoms. The van der Waals surface area contributed by atoms with Crippen molar-refractivity contribution in [1.82, 2.24) is 0 Å². The summed E-state index contributed by atoms with van der Waals surface area (Å²) in [7, 11) is 0. The molecule has 256 valence electrons. The molecule has 0 aromatic heterocycles. The summed E-state index contributed by atoms with van der Waals surface area (Å²) in [6.45, 7) is 0.778. The van der Waals surface area contributed by atoms with Crippen LogP contribution in [0.4, 0.5) is 10.1 Å². The lowest BCUT2D eigenvalue weighted by Gasteiger charge is -2.48. The van der Waals surface area contributed by atoms with E-state index in [1.165, 1.54) is 12.1 Å². The van der Waals surface area contributed by atoms with E-state index in [1.54, 1.807) is 41.3 Å². The van der Waals surface area contributed by atoms with Gasteiger partial charge in [-0.2, -0.15) is 0 Å². The molecule has 1 fully saturated rings. The van der Waals surface area contributed by atoms with Crippen molar-refractivity contribution < 1.29 is 28.9 Å². The van der Waals surface area contributed by atoms with Gasteiger partial charge in [-0.15, -0.1) is 0 Å². The first-order valence-corrected chi connectivity index (χ1v) is 17.1. The van der Waals surface area contributed by atoms with Gasteiger partial charge in [0.05, 0.1) is 18.1 Å². The van der Waals surface area contributed by atoms with Crippen LogP contribution in [-0.2, 0) is 18.0 Å². The molecular weight excluding hydrogens is 641 g/mol. The third-order valence-corrected chi connectivity index (χ3v) is 9.33. The second kappa shape index (κ2) is 15.3. The molecule has 1 saturated heterocycles. The standard InChI is InChI=1S/C44H38FNO5/c45-35-17-14-32(15-18-35)41(48)25-24-40-43(46(44(40)49)36-19-21-37(47)22-20-36)39-23-16-34(27-42(39)51-29-31-10-5-2-6-11-31)33-12-7-13-38(26-33)50-28-30-8-3-1-4-9-30/h1-23,26-27,40-41,43,47-48H,24-25,28-29H2/t40-,41+,43-/m1/s1. The monoisotopic (exact) mass is 679 g/mol. The predicted molar refractivity (Wildman–Crippen MR) is 196 cm³/mol.